The largest absolute Gasteiger partial charge is 0.453 e. The van der Waals surface area contributed by atoms with Crippen molar-refractivity contribution in [3.63, 3.8) is 0 Å². The van der Waals surface area contributed by atoms with E-state index in [0.29, 0.717) is 67.7 Å². The molecular formula is C55H67F7N10O7. The SMILES string of the molecule is COC(=O)N[C@H](C(=O)N[C@@H](Cc1ccc(C#Cc2ccc(N3CC4CCC(C3)N4C3COC3)nc2)cc1)[C@@H](O)CN(Cc1c(F)cc(C(=N)/C=C\NC(F)F)cc1F)NC(=O)[C@@H](NC(=O)C1CC1)C(C)(C)C)C(C)(C)C(F)(F)F. The predicted octanol–water partition coefficient (Wildman–Crippen LogP) is 5.68. The van der Waals surface area contributed by atoms with E-state index in [1.165, 1.54) is 0 Å². The van der Waals surface area contributed by atoms with Crippen LogP contribution in [0.4, 0.5) is 41.3 Å². The maximum absolute atomic E-state index is 16.0. The summed E-state index contributed by atoms with van der Waals surface area (Å²) < 4.78 is 111. The van der Waals surface area contributed by atoms with Crippen LogP contribution >= 0.6 is 0 Å². The number of amides is 4. The maximum atomic E-state index is 16.0. The summed E-state index contributed by atoms with van der Waals surface area (Å²) in [5.74, 6) is 1.47. The number of alkyl halides is 5. The number of aromatic nitrogens is 1. The number of hydrogen-bond donors (Lipinski definition) is 7. The second kappa shape index (κ2) is 25.1. The van der Waals surface area contributed by atoms with Gasteiger partial charge < -0.3 is 46.2 Å². The van der Waals surface area contributed by atoms with Crippen LogP contribution in [0.25, 0.3) is 0 Å². The Balaban J connectivity index is 1.15. The lowest BCUT2D eigenvalue weighted by Crippen LogP contribution is -2.63. The number of carbonyl (C=O) groups is 4. The van der Waals surface area contributed by atoms with Gasteiger partial charge in [-0.3, -0.25) is 24.7 Å². The number of hydrazine groups is 1. The molecule has 0 radical (unpaired) electrons. The molecule has 1 aromatic heterocycles. The minimum atomic E-state index is -5.08. The number of methoxy groups -OCH3 is 1. The van der Waals surface area contributed by atoms with Crippen LogP contribution in [0.15, 0.2) is 67.0 Å². The van der Waals surface area contributed by atoms with E-state index in [1.807, 2.05) is 17.4 Å². The standard InChI is InChI=1S/C55H67F7N10O7/c1-53(2,3)46(67-48(74)34-14-15-34)50(76)69-71(27-39-40(56)22-35(23-41(39)57)42(63)19-20-64-51(58)59)28-44(73)43(66-49(75)47(68-52(77)78-6)54(4,5)55(60,61)62)21-32-10-7-31(8-11-32)9-12-33-13-18-45(65-24-33)70-25-36-16-17-37(26-70)72(36)38-29-79-30-38/h7-8,10-11,13,18-20,22-24,34,36-38,43-44,46-47,51,63-64,73H,14-17,21,25-30H2,1-6H3,(H,66,75)(H,67,74)(H,68,77)(H,69,76)/b20-19-,63-42?/t36?,37?,43-,44-,46+,47+/m0/s1. The third-order valence-corrected chi connectivity index (χ3v) is 14.7. The van der Waals surface area contributed by atoms with Crippen molar-refractivity contribution in [2.24, 2.45) is 16.7 Å². The van der Waals surface area contributed by atoms with Crippen LogP contribution in [0.5, 0.6) is 0 Å². The number of benzene rings is 2. The zero-order valence-electron chi connectivity index (χ0n) is 44.7. The molecule has 2 aromatic carbocycles. The molecular weight excluding hydrogens is 1050 g/mol. The second-order valence-corrected chi connectivity index (χ2v) is 22.0. The van der Waals surface area contributed by atoms with Crippen molar-refractivity contribution in [1.29, 1.82) is 5.41 Å². The summed E-state index contributed by atoms with van der Waals surface area (Å²) in [4.78, 5) is 63.4. The Labute approximate surface area is 453 Å². The zero-order valence-corrected chi connectivity index (χ0v) is 44.7. The van der Waals surface area contributed by atoms with Gasteiger partial charge in [0.05, 0.1) is 49.6 Å². The molecule has 0 spiro atoms. The Bertz CT molecular complexity index is 2740. The van der Waals surface area contributed by atoms with Crippen molar-refractivity contribution >= 4 is 35.3 Å². The molecule has 4 heterocycles. The van der Waals surface area contributed by atoms with E-state index < -0.39 is 108 Å². The van der Waals surface area contributed by atoms with E-state index in [0.717, 1.165) is 75.3 Å². The number of fused-ring (bicyclic) bond motifs is 2. The molecule has 17 nitrogen and oxygen atoms in total. The number of ether oxygens (including phenoxy) is 2. The lowest BCUT2D eigenvalue weighted by molar-refractivity contribution is -0.220. The fourth-order valence-electron chi connectivity index (χ4n) is 9.75. The number of aliphatic hydroxyl groups is 1. The van der Waals surface area contributed by atoms with Crippen molar-refractivity contribution in [3.8, 4) is 11.8 Å². The smallest absolute Gasteiger partial charge is 0.407 e. The van der Waals surface area contributed by atoms with Gasteiger partial charge in [-0.05, 0) is 99.4 Å². The number of allylic oxidation sites excluding steroid dienone is 1. The van der Waals surface area contributed by atoms with Crippen LogP contribution in [0, 0.1) is 45.6 Å². The van der Waals surface area contributed by atoms with Crippen LogP contribution in [-0.2, 0) is 36.8 Å². The highest BCUT2D eigenvalue weighted by atomic mass is 19.4. The van der Waals surface area contributed by atoms with Crippen LogP contribution in [0.3, 0.4) is 0 Å². The number of alkyl carbamates (subject to hydrolysis) is 1. The summed E-state index contributed by atoms with van der Waals surface area (Å²) in [5.41, 5.74) is -1.40. The summed E-state index contributed by atoms with van der Waals surface area (Å²) in [5, 5.41) is 29.9. The van der Waals surface area contributed by atoms with Gasteiger partial charge in [-0.25, -0.2) is 23.6 Å². The van der Waals surface area contributed by atoms with E-state index in [2.05, 4.69) is 42.4 Å². The van der Waals surface area contributed by atoms with Gasteiger partial charge in [0.25, 0.3) is 5.91 Å². The molecule has 4 fully saturated rings. The topological polar surface area (TPSA) is 214 Å². The zero-order chi connectivity index (χ0) is 57.6. The quantitative estimate of drug-likeness (QED) is 0.0226. The molecule has 3 aliphatic heterocycles. The number of piperazine rings is 1. The Hall–Kier alpha value is -6.81. The summed E-state index contributed by atoms with van der Waals surface area (Å²) in [6.07, 6.45) is -1.96. The molecule has 3 aromatic rings. The molecule has 4 amide bonds. The molecule has 4 aliphatic rings. The molecule has 6 atom stereocenters. The Morgan fingerprint density at radius 1 is 0.873 bits per heavy atom. The van der Waals surface area contributed by atoms with Gasteiger partial charge in [0, 0.05) is 78.8 Å². The first kappa shape index (κ1) is 59.8. The molecule has 428 valence electrons. The number of aliphatic hydroxyl groups excluding tert-OH is 1. The van der Waals surface area contributed by atoms with Crippen LogP contribution < -0.4 is 31.6 Å². The minimum absolute atomic E-state index is 0.314. The molecule has 2 bridgehead atoms. The first-order chi connectivity index (χ1) is 37.2. The monoisotopic (exact) mass is 1110 g/mol. The summed E-state index contributed by atoms with van der Waals surface area (Å²) in [7, 11) is 0.885. The number of nitrogens with one attached hydrogen (secondary N) is 6. The number of hydrogen-bond acceptors (Lipinski definition) is 13. The van der Waals surface area contributed by atoms with E-state index in [4.69, 9.17) is 15.1 Å². The van der Waals surface area contributed by atoms with Gasteiger partial charge in [0.15, 0.2) is 0 Å². The molecule has 1 aliphatic carbocycles. The molecule has 79 heavy (non-hydrogen) atoms. The Kier molecular flexibility index (Phi) is 19.0. The van der Waals surface area contributed by atoms with Gasteiger partial charge in [-0.1, -0.05) is 44.7 Å². The fraction of sp³-hybridized carbons (Fsp3) is 0.527. The minimum Gasteiger partial charge on any atom is -0.453 e. The summed E-state index contributed by atoms with van der Waals surface area (Å²) in [6.45, 7) is 4.98. The molecule has 24 heteroatoms. The molecule has 7 rings (SSSR count). The highest BCUT2D eigenvalue weighted by Gasteiger charge is 2.56. The van der Waals surface area contributed by atoms with Gasteiger partial charge in [0.2, 0.25) is 11.8 Å². The normalized spacial score (nSPS) is 19.4. The van der Waals surface area contributed by atoms with E-state index in [1.54, 1.807) is 56.6 Å². The first-order valence-electron chi connectivity index (χ1n) is 25.9. The molecule has 7 N–H and O–H groups in total. The fourth-order valence-corrected chi connectivity index (χ4v) is 9.75. The maximum Gasteiger partial charge on any atom is 0.407 e. The van der Waals surface area contributed by atoms with Crippen molar-refractivity contribution < 1.29 is 64.5 Å². The van der Waals surface area contributed by atoms with Crippen molar-refractivity contribution in [2.75, 3.05) is 44.9 Å². The highest BCUT2D eigenvalue weighted by molar-refractivity contribution is 6.06. The number of halogens is 7. The average molecular weight is 1110 g/mol. The Morgan fingerprint density at radius 2 is 1.49 bits per heavy atom. The number of pyridine rings is 1. The van der Waals surface area contributed by atoms with Crippen LogP contribution in [0.1, 0.15) is 88.1 Å². The Morgan fingerprint density at radius 3 is 2.03 bits per heavy atom. The lowest BCUT2D eigenvalue weighted by Gasteiger charge is -2.47. The molecule has 2 unspecified atom stereocenters. The van der Waals surface area contributed by atoms with E-state index in [-0.39, 0.29) is 17.9 Å². The molecule has 3 saturated heterocycles. The van der Waals surface area contributed by atoms with Crippen LogP contribution in [0.2, 0.25) is 0 Å². The van der Waals surface area contributed by atoms with Gasteiger partial charge in [-0.2, -0.15) is 22.0 Å². The number of nitrogens with zero attached hydrogens (tertiary/aromatic N) is 4. The first-order valence-corrected chi connectivity index (χ1v) is 25.9. The average Bonchev–Trinajstić information content (AvgIpc) is 4.32. The number of rotatable bonds is 21. The van der Waals surface area contributed by atoms with E-state index in [9.17, 15) is 46.2 Å². The van der Waals surface area contributed by atoms with Crippen LogP contribution in [-0.4, -0.2) is 145 Å². The van der Waals surface area contributed by atoms with Gasteiger partial charge >= 0.3 is 18.8 Å². The van der Waals surface area contributed by atoms with Crippen molar-refractivity contribution in [1.82, 2.24) is 41.6 Å². The predicted molar refractivity (Wildman–Crippen MR) is 277 cm³/mol. The third kappa shape index (κ3) is 15.3. The summed E-state index contributed by atoms with van der Waals surface area (Å²) in [6, 6.07) is 8.01. The van der Waals surface area contributed by atoms with Gasteiger partial charge in [0.1, 0.15) is 29.5 Å². The van der Waals surface area contributed by atoms with Crippen molar-refractivity contribution in [3.05, 3.63) is 106 Å². The summed E-state index contributed by atoms with van der Waals surface area (Å²) >= 11 is 0. The lowest BCUT2D eigenvalue weighted by atomic mass is 9.82. The number of carbonyl (C=O) groups excluding carboxylic acids is 4. The second-order valence-electron chi connectivity index (χ2n) is 22.0. The third-order valence-electron chi connectivity index (χ3n) is 14.7. The van der Waals surface area contributed by atoms with E-state index >= 15 is 8.78 Å². The highest BCUT2D eigenvalue weighted by Crippen LogP contribution is 2.41. The molecule has 1 saturated carbocycles. The number of anilines is 1. The van der Waals surface area contributed by atoms with Crippen molar-refractivity contribution in [2.45, 2.75) is 128 Å². The van der Waals surface area contributed by atoms with Gasteiger partial charge in [-0.15, -0.1) is 0 Å².